The maximum absolute atomic E-state index is 12.2. The number of aryl methyl sites for hydroxylation is 1. The SMILES string of the molecule is Cc1ccc(NC(=O)c2ccc(N3CCCC(C)C3)nn2)cc1. The number of carbonyl (C=O) groups is 1. The molecule has 1 fully saturated rings. The van der Waals surface area contributed by atoms with Crippen LogP contribution in [0, 0.1) is 12.8 Å². The molecule has 120 valence electrons. The summed E-state index contributed by atoms with van der Waals surface area (Å²) in [4.78, 5) is 14.5. The van der Waals surface area contributed by atoms with Gasteiger partial charge in [-0.15, -0.1) is 10.2 Å². The molecule has 1 aromatic carbocycles. The summed E-state index contributed by atoms with van der Waals surface area (Å²) in [7, 11) is 0. The Hall–Kier alpha value is -2.43. The Labute approximate surface area is 136 Å². The Balaban J connectivity index is 1.66. The van der Waals surface area contributed by atoms with E-state index in [-0.39, 0.29) is 5.91 Å². The number of nitrogens with zero attached hydrogens (tertiary/aromatic N) is 3. The smallest absolute Gasteiger partial charge is 0.276 e. The first kappa shape index (κ1) is 15.5. The van der Waals surface area contributed by atoms with Crippen molar-refractivity contribution in [2.75, 3.05) is 23.3 Å². The van der Waals surface area contributed by atoms with Crippen molar-refractivity contribution >= 4 is 17.4 Å². The first-order valence-electron chi connectivity index (χ1n) is 8.08. The topological polar surface area (TPSA) is 58.1 Å². The molecular weight excluding hydrogens is 288 g/mol. The van der Waals surface area contributed by atoms with Gasteiger partial charge in [-0.05, 0) is 49.9 Å². The van der Waals surface area contributed by atoms with E-state index in [2.05, 4.69) is 27.3 Å². The van der Waals surface area contributed by atoms with E-state index in [1.54, 1.807) is 6.07 Å². The fourth-order valence-electron chi connectivity index (χ4n) is 2.84. The van der Waals surface area contributed by atoms with Gasteiger partial charge in [-0.1, -0.05) is 24.6 Å². The van der Waals surface area contributed by atoms with Gasteiger partial charge >= 0.3 is 0 Å². The minimum absolute atomic E-state index is 0.236. The lowest BCUT2D eigenvalue weighted by Gasteiger charge is -2.31. The fourth-order valence-corrected chi connectivity index (χ4v) is 2.84. The normalized spacial score (nSPS) is 17.8. The zero-order valence-corrected chi connectivity index (χ0v) is 13.6. The Morgan fingerprint density at radius 1 is 1.17 bits per heavy atom. The van der Waals surface area contributed by atoms with Crippen molar-refractivity contribution in [2.45, 2.75) is 26.7 Å². The van der Waals surface area contributed by atoms with Crippen molar-refractivity contribution in [1.82, 2.24) is 10.2 Å². The number of hydrogen-bond acceptors (Lipinski definition) is 4. The Kier molecular flexibility index (Phi) is 4.55. The van der Waals surface area contributed by atoms with Crippen LogP contribution in [0.1, 0.15) is 35.8 Å². The van der Waals surface area contributed by atoms with Crippen LogP contribution in [0.25, 0.3) is 0 Å². The third-order valence-electron chi connectivity index (χ3n) is 4.17. The van der Waals surface area contributed by atoms with Crippen LogP contribution in [0.5, 0.6) is 0 Å². The summed E-state index contributed by atoms with van der Waals surface area (Å²) in [5, 5.41) is 11.2. The molecule has 1 aliphatic heterocycles. The molecular formula is C18H22N4O. The molecule has 23 heavy (non-hydrogen) atoms. The Bertz CT molecular complexity index is 666. The number of rotatable bonds is 3. The van der Waals surface area contributed by atoms with E-state index >= 15 is 0 Å². The van der Waals surface area contributed by atoms with Crippen LogP contribution in [0.15, 0.2) is 36.4 Å². The average Bonchev–Trinajstić information content (AvgIpc) is 2.57. The number of hydrogen-bond donors (Lipinski definition) is 1. The average molecular weight is 310 g/mol. The van der Waals surface area contributed by atoms with Crippen molar-refractivity contribution in [3.8, 4) is 0 Å². The lowest BCUT2D eigenvalue weighted by Crippen LogP contribution is -2.35. The van der Waals surface area contributed by atoms with E-state index < -0.39 is 0 Å². The summed E-state index contributed by atoms with van der Waals surface area (Å²) < 4.78 is 0. The van der Waals surface area contributed by atoms with E-state index in [0.29, 0.717) is 11.6 Å². The number of carbonyl (C=O) groups excluding carboxylic acids is 1. The first-order valence-corrected chi connectivity index (χ1v) is 8.08. The highest BCUT2D eigenvalue weighted by Crippen LogP contribution is 2.20. The van der Waals surface area contributed by atoms with Gasteiger partial charge in [0.25, 0.3) is 5.91 Å². The van der Waals surface area contributed by atoms with Gasteiger partial charge in [-0.2, -0.15) is 0 Å². The Morgan fingerprint density at radius 2 is 1.96 bits per heavy atom. The molecule has 0 bridgehead atoms. The zero-order valence-electron chi connectivity index (χ0n) is 13.6. The van der Waals surface area contributed by atoms with Gasteiger partial charge in [-0.25, -0.2) is 0 Å². The van der Waals surface area contributed by atoms with Crippen LogP contribution in [-0.2, 0) is 0 Å². The number of piperidine rings is 1. The van der Waals surface area contributed by atoms with Crippen molar-refractivity contribution in [3.05, 3.63) is 47.7 Å². The van der Waals surface area contributed by atoms with E-state index in [4.69, 9.17) is 0 Å². The summed E-state index contributed by atoms with van der Waals surface area (Å²) in [6.45, 7) is 6.28. The van der Waals surface area contributed by atoms with Gasteiger partial charge in [0.05, 0.1) is 0 Å². The summed E-state index contributed by atoms with van der Waals surface area (Å²) in [6.07, 6.45) is 2.44. The number of aromatic nitrogens is 2. The molecule has 1 amide bonds. The van der Waals surface area contributed by atoms with Gasteiger partial charge in [0.1, 0.15) is 0 Å². The van der Waals surface area contributed by atoms with E-state index in [1.807, 2.05) is 37.3 Å². The molecule has 1 unspecified atom stereocenters. The predicted octanol–water partition coefficient (Wildman–Crippen LogP) is 3.27. The van der Waals surface area contributed by atoms with Gasteiger partial charge in [-0.3, -0.25) is 4.79 Å². The summed E-state index contributed by atoms with van der Waals surface area (Å²) in [5.41, 5.74) is 2.25. The lowest BCUT2D eigenvalue weighted by molar-refractivity contribution is 0.102. The molecule has 1 N–H and O–H groups in total. The summed E-state index contributed by atoms with van der Waals surface area (Å²) >= 11 is 0. The highest BCUT2D eigenvalue weighted by molar-refractivity contribution is 6.02. The molecule has 1 saturated heterocycles. The lowest BCUT2D eigenvalue weighted by atomic mass is 10.0. The highest BCUT2D eigenvalue weighted by atomic mass is 16.1. The minimum Gasteiger partial charge on any atom is -0.355 e. The van der Waals surface area contributed by atoms with Crippen molar-refractivity contribution in [2.24, 2.45) is 5.92 Å². The fraction of sp³-hybridized carbons (Fsp3) is 0.389. The third kappa shape index (κ3) is 3.86. The van der Waals surface area contributed by atoms with Crippen LogP contribution in [-0.4, -0.2) is 29.2 Å². The second-order valence-corrected chi connectivity index (χ2v) is 6.29. The predicted molar refractivity (Wildman–Crippen MR) is 91.8 cm³/mol. The largest absolute Gasteiger partial charge is 0.355 e. The molecule has 1 atom stereocenters. The quantitative estimate of drug-likeness (QED) is 0.945. The van der Waals surface area contributed by atoms with Gasteiger partial charge < -0.3 is 10.2 Å². The molecule has 2 heterocycles. The Morgan fingerprint density at radius 3 is 2.61 bits per heavy atom. The number of benzene rings is 1. The van der Waals surface area contributed by atoms with Crippen LogP contribution >= 0.6 is 0 Å². The van der Waals surface area contributed by atoms with Crippen LogP contribution in [0.2, 0.25) is 0 Å². The van der Waals surface area contributed by atoms with Crippen molar-refractivity contribution in [3.63, 3.8) is 0 Å². The molecule has 2 aromatic rings. The van der Waals surface area contributed by atoms with E-state index in [0.717, 1.165) is 30.2 Å². The molecule has 1 aliphatic rings. The second-order valence-electron chi connectivity index (χ2n) is 6.29. The van der Waals surface area contributed by atoms with Gasteiger partial charge in [0.15, 0.2) is 11.5 Å². The summed E-state index contributed by atoms with van der Waals surface area (Å²) in [5.74, 6) is 1.29. The molecule has 0 spiro atoms. The molecule has 1 aromatic heterocycles. The molecule has 0 aliphatic carbocycles. The zero-order chi connectivity index (χ0) is 16.2. The maximum atomic E-state index is 12.2. The number of nitrogens with one attached hydrogen (secondary N) is 1. The third-order valence-corrected chi connectivity index (χ3v) is 4.17. The first-order chi connectivity index (χ1) is 11.1. The molecule has 3 rings (SSSR count). The second kappa shape index (κ2) is 6.77. The van der Waals surface area contributed by atoms with Gasteiger partial charge in [0.2, 0.25) is 0 Å². The van der Waals surface area contributed by atoms with Crippen LogP contribution in [0.4, 0.5) is 11.5 Å². The standard InChI is InChI=1S/C18H22N4O/c1-13-5-7-15(8-6-13)19-18(23)16-9-10-17(21-20-16)22-11-3-4-14(2)12-22/h5-10,14H,3-4,11-12H2,1-2H3,(H,19,23). The van der Waals surface area contributed by atoms with E-state index in [1.165, 1.54) is 12.8 Å². The van der Waals surface area contributed by atoms with Crippen LogP contribution in [0.3, 0.4) is 0 Å². The highest BCUT2D eigenvalue weighted by Gasteiger charge is 2.18. The minimum atomic E-state index is -0.236. The molecule has 5 heteroatoms. The van der Waals surface area contributed by atoms with Crippen LogP contribution < -0.4 is 10.2 Å². The summed E-state index contributed by atoms with van der Waals surface area (Å²) in [6, 6.07) is 11.3. The van der Waals surface area contributed by atoms with Crippen molar-refractivity contribution in [1.29, 1.82) is 0 Å². The molecule has 0 saturated carbocycles. The maximum Gasteiger partial charge on any atom is 0.276 e. The molecule has 0 radical (unpaired) electrons. The monoisotopic (exact) mass is 310 g/mol. The number of anilines is 2. The van der Waals surface area contributed by atoms with Gasteiger partial charge in [0, 0.05) is 18.8 Å². The molecule has 5 nitrogen and oxygen atoms in total. The van der Waals surface area contributed by atoms with E-state index in [9.17, 15) is 4.79 Å². The number of amides is 1. The van der Waals surface area contributed by atoms with Crippen molar-refractivity contribution < 1.29 is 4.79 Å².